The molecule has 2 aromatic carbocycles. The number of thiazole rings is 1. The lowest BCUT2D eigenvalue weighted by atomic mass is 10.1. The van der Waals surface area contributed by atoms with Crippen molar-refractivity contribution < 1.29 is 22.7 Å². The Morgan fingerprint density at radius 2 is 2.00 bits per heavy atom. The molecule has 1 aliphatic rings. The van der Waals surface area contributed by atoms with Crippen LogP contribution in [0.2, 0.25) is 0 Å². The predicted molar refractivity (Wildman–Crippen MR) is 120 cm³/mol. The maximum atomic E-state index is 13.5. The number of carbonyl (C=O) groups is 1. The fourth-order valence-electron chi connectivity index (χ4n) is 3.43. The summed E-state index contributed by atoms with van der Waals surface area (Å²) in [7, 11) is -2.59. The SMILES string of the molecule is Cc1cc(NC(=O)C2CC(c3ncc(-c4ccc(O)cc4)s3)NS(=O)(=O)N2C)ccc1F. The molecule has 32 heavy (non-hydrogen) atoms. The third-order valence-electron chi connectivity index (χ3n) is 5.27. The van der Waals surface area contributed by atoms with Gasteiger partial charge in [0.2, 0.25) is 5.91 Å². The highest BCUT2D eigenvalue weighted by Crippen LogP contribution is 2.35. The molecule has 3 aromatic rings. The molecule has 0 radical (unpaired) electrons. The van der Waals surface area contributed by atoms with Crippen LogP contribution in [-0.4, -0.2) is 41.8 Å². The van der Waals surface area contributed by atoms with Crippen molar-refractivity contribution in [1.29, 1.82) is 0 Å². The number of anilines is 1. The summed E-state index contributed by atoms with van der Waals surface area (Å²) in [5.74, 6) is -0.756. The number of benzene rings is 2. The Bertz CT molecular complexity index is 1260. The van der Waals surface area contributed by atoms with Crippen molar-refractivity contribution in [2.24, 2.45) is 0 Å². The molecule has 1 fully saturated rings. The number of carbonyl (C=O) groups excluding carboxylic acids is 1. The van der Waals surface area contributed by atoms with Crippen LogP contribution in [0.15, 0.2) is 48.7 Å². The van der Waals surface area contributed by atoms with Crippen LogP contribution >= 0.6 is 11.3 Å². The molecule has 11 heteroatoms. The van der Waals surface area contributed by atoms with Gasteiger partial charge in [0.25, 0.3) is 10.2 Å². The van der Waals surface area contributed by atoms with Crippen molar-refractivity contribution in [3.63, 3.8) is 0 Å². The number of phenolic OH excluding ortho intramolecular Hbond substituents is 1. The number of rotatable bonds is 4. The Hall–Kier alpha value is -2.86. The largest absolute Gasteiger partial charge is 0.508 e. The average molecular weight is 477 g/mol. The zero-order valence-corrected chi connectivity index (χ0v) is 18.9. The summed E-state index contributed by atoms with van der Waals surface area (Å²) in [5, 5.41) is 12.7. The minimum atomic E-state index is -3.93. The lowest BCUT2D eigenvalue weighted by Crippen LogP contribution is -2.55. The van der Waals surface area contributed by atoms with Gasteiger partial charge in [-0.1, -0.05) is 0 Å². The number of hydrogen-bond acceptors (Lipinski definition) is 6. The normalized spacial score (nSPS) is 20.7. The minimum Gasteiger partial charge on any atom is -0.508 e. The number of amides is 1. The standard InChI is InChI=1S/C21H21FN4O4S2/c1-12-9-14(5-8-16(12)22)24-20(28)18-10-17(25-32(29,30)26(18)2)21-23-11-19(31-21)13-3-6-15(27)7-4-13/h3-9,11,17-18,25,27H,10H2,1-2H3,(H,24,28). The van der Waals surface area contributed by atoms with Crippen LogP contribution in [0, 0.1) is 12.7 Å². The number of nitrogens with one attached hydrogen (secondary N) is 2. The molecule has 0 aliphatic carbocycles. The Labute approximate surface area is 188 Å². The van der Waals surface area contributed by atoms with E-state index in [1.54, 1.807) is 37.4 Å². The molecule has 1 amide bonds. The van der Waals surface area contributed by atoms with E-state index in [4.69, 9.17) is 0 Å². The topological polar surface area (TPSA) is 112 Å². The molecule has 0 bridgehead atoms. The summed E-state index contributed by atoms with van der Waals surface area (Å²) in [5.41, 5.74) is 1.60. The molecule has 4 rings (SSSR count). The number of nitrogens with zero attached hydrogens (tertiary/aromatic N) is 2. The van der Waals surface area contributed by atoms with E-state index < -0.39 is 34.0 Å². The van der Waals surface area contributed by atoms with E-state index in [2.05, 4.69) is 15.0 Å². The number of aromatic nitrogens is 1. The fourth-order valence-corrected chi connectivity index (χ4v) is 5.74. The molecule has 3 N–H and O–H groups in total. The average Bonchev–Trinajstić information content (AvgIpc) is 3.23. The first kappa shape index (κ1) is 22.3. The predicted octanol–water partition coefficient (Wildman–Crippen LogP) is 3.18. The summed E-state index contributed by atoms with van der Waals surface area (Å²) in [4.78, 5) is 18.1. The van der Waals surface area contributed by atoms with Crippen molar-refractivity contribution in [2.45, 2.75) is 25.4 Å². The number of aryl methyl sites for hydroxylation is 1. The van der Waals surface area contributed by atoms with Gasteiger partial charge in [0.15, 0.2) is 0 Å². The second kappa shape index (κ2) is 8.58. The van der Waals surface area contributed by atoms with Crippen LogP contribution < -0.4 is 10.0 Å². The van der Waals surface area contributed by atoms with Gasteiger partial charge in [-0.05, 0) is 66.9 Å². The minimum absolute atomic E-state index is 0.145. The second-order valence-corrected chi connectivity index (χ2v) is 10.3. The monoisotopic (exact) mass is 476 g/mol. The molecule has 168 valence electrons. The van der Waals surface area contributed by atoms with E-state index in [0.717, 1.165) is 14.7 Å². The van der Waals surface area contributed by atoms with E-state index in [-0.39, 0.29) is 12.2 Å². The van der Waals surface area contributed by atoms with Crippen molar-refractivity contribution in [1.82, 2.24) is 14.0 Å². The van der Waals surface area contributed by atoms with Crippen LogP contribution in [0.25, 0.3) is 10.4 Å². The number of likely N-dealkylation sites (N-methyl/N-ethyl adjacent to an activating group) is 1. The van der Waals surface area contributed by atoms with Gasteiger partial charge in [-0.3, -0.25) is 4.79 Å². The highest BCUT2D eigenvalue weighted by atomic mass is 32.2. The maximum Gasteiger partial charge on any atom is 0.280 e. The van der Waals surface area contributed by atoms with Gasteiger partial charge in [-0.2, -0.15) is 17.4 Å². The smallest absolute Gasteiger partial charge is 0.280 e. The maximum absolute atomic E-state index is 13.5. The van der Waals surface area contributed by atoms with Gasteiger partial charge < -0.3 is 10.4 Å². The van der Waals surface area contributed by atoms with E-state index in [1.165, 1.54) is 36.6 Å². The number of aromatic hydroxyl groups is 1. The third kappa shape index (κ3) is 4.51. The van der Waals surface area contributed by atoms with Crippen LogP contribution in [-0.2, 0) is 15.0 Å². The van der Waals surface area contributed by atoms with Gasteiger partial charge in [0, 0.05) is 18.9 Å². The highest BCUT2D eigenvalue weighted by molar-refractivity contribution is 7.87. The molecule has 1 aromatic heterocycles. The molecular formula is C21H21FN4O4S2. The molecule has 8 nitrogen and oxygen atoms in total. The quantitative estimate of drug-likeness (QED) is 0.536. The number of phenols is 1. The molecule has 2 unspecified atom stereocenters. The van der Waals surface area contributed by atoms with Crippen molar-refractivity contribution in [2.75, 3.05) is 12.4 Å². The van der Waals surface area contributed by atoms with Crippen molar-refractivity contribution >= 4 is 33.1 Å². The van der Waals surface area contributed by atoms with Crippen molar-refractivity contribution in [3.8, 4) is 16.2 Å². The lowest BCUT2D eigenvalue weighted by Gasteiger charge is -2.35. The first-order valence-corrected chi connectivity index (χ1v) is 12.0. The third-order valence-corrected chi connectivity index (χ3v) is 8.03. The Balaban J connectivity index is 1.56. The zero-order valence-electron chi connectivity index (χ0n) is 17.2. The molecule has 0 saturated carbocycles. The van der Waals surface area contributed by atoms with Gasteiger partial charge >= 0.3 is 0 Å². The van der Waals surface area contributed by atoms with Gasteiger partial charge in [-0.25, -0.2) is 9.37 Å². The summed E-state index contributed by atoms with van der Waals surface area (Å²) in [6.07, 6.45) is 1.81. The summed E-state index contributed by atoms with van der Waals surface area (Å²) < 4.78 is 42.4. The zero-order chi connectivity index (χ0) is 23.0. The van der Waals surface area contributed by atoms with Gasteiger partial charge in [0.05, 0.1) is 10.9 Å². The first-order valence-electron chi connectivity index (χ1n) is 9.71. The van der Waals surface area contributed by atoms with E-state index in [0.29, 0.717) is 16.3 Å². The molecule has 2 heterocycles. The molecule has 2 atom stereocenters. The highest BCUT2D eigenvalue weighted by Gasteiger charge is 2.41. The Morgan fingerprint density at radius 1 is 1.28 bits per heavy atom. The fraction of sp³-hybridized carbons (Fsp3) is 0.238. The summed E-state index contributed by atoms with van der Waals surface area (Å²) >= 11 is 1.31. The summed E-state index contributed by atoms with van der Waals surface area (Å²) in [6.45, 7) is 1.58. The van der Waals surface area contributed by atoms with E-state index in [1.807, 2.05) is 0 Å². The number of halogens is 1. The van der Waals surface area contributed by atoms with E-state index in [9.17, 15) is 22.7 Å². The Morgan fingerprint density at radius 3 is 2.69 bits per heavy atom. The van der Waals surface area contributed by atoms with E-state index >= 15 is 0 Å². The van der Waals surface area contributed by atoms with Gasteiger partial charge in [-0.15, -0.1) is 11.3 Å². The van der Waals surface area contributed by atoms with Crippen LogP contribution in [0.5, 0.6) is 5.75 Å². The lowest BCUT2D eigenvalue weighted by molar-refractivity contribution is -0.120. The summed E-state index contributed by atoms with van der Waals surface area (Å²) in [6, 6.07) is 9.11. The van der Waals surface area contributed by atoms with Crippen LogP contribution in [0.4, 0.5) is 10.1 Å². The Kier molecular flexibility index (Phi) is 5.99. The molecule has 0 spiro atoms. The second-order valence-electron chi connectivity index (χ2n) is 7.51. The molecule has 1 aliphatic heterocycles. The van der Waals surface area contributed by atoms with Crippen molar-refractivity contribution in [3.05, 3.63) is 65.0 Å². The van der Waals surface area contributed by atoms with Crippen LogP contribution in [0.3, 0.4) is 0 Å². The first-order chi connectivity index (χ1) is 15.1. The van der Waals surface area contributed by atoms with Gasteiger partial charge in [0.1, 0.15) is 22.6 Å². The molecular weight excluding hydrogens is 455 g/mol. The van der Waals surface area contributed by atoms with Crippen LogP contribution in [0.1, 0.15) is 23.0 Å². The molecule has 1 saturated heterocycles. The number of hydrogen-bond donors (Lipinski definition) is 3.